The summed E-state index contributed by atoms with van der Waals surface area (Å²) in [5.41, 5.74) is 1.86. The Morgan fingerprint density at radius 1 is 1.48 bits per heavy atom. The molecule has 0 aromatic carbocycles. The van der Waals surface area contributed by atoms with E-state index in [1.807, 2.05) is 36.9 Å². The molecule has 0 saturated carbocycles. The maximum absolute atomic E-state index is 12.1. The van der Waals surface area contributed by atoms with Crippen molar-refractivity contribution in [2.45, 2.75) is 58.7 Å². The Bertz CT molecular complexity index is 586. The number of hydrogen-bond acceptors (Lipinski definition) is 3. The quantitative estimate of drug-likeness (QED) is 0.744. The number of aromatic nitrogens is 2. The summed E-state index contributed by atoms with van der Waals surface area (Å²) < 4.78 is 1.93. The zero-order valence-corrected chi connectivity index (χ0v) is 14.6. The van der Waals surface area contributed by atoms with Crippen LogP contribution in [0.2, 0.25) is 0 Å². The summed E-state index contributed by atoms with van der Waals surface area (Å²) in [7, 11) is 0. The second-order valence-electron chi connectivity index (χ2n) is 7.29. The average molecular weight is 320 g/mol. The third-order valence-electron chi connectivity index (χ3n) is 4.16. The summed E-state index contributed by atoms with van der Waals surface area (Å²) in [4.78, 5) is 12.1. The molecular weight excluding hydrogens is 292 g/mol. The number of hydrogen-bond donors (Lipinski definition) is 3. The second kappa shape index (κ2) is 6.74. The Morgan fingerprint density at radius 2 is 2.17 bits per heavy atom. The average Bonchev–Trinajstić information content (AvgIpc) is 3.04. The van der Waals surface area contributed by atoms with E-state index >= 15 is 0 Å². The number of amides is 2. The van der Waals surface area contributed by atoms with Crippen LogP contribution in [-0.4, -0.2) is 33.6 Å². The maximum atomic E-state index is 12.1. The topological polar surface area (TPSA) is 79.2 Å². The Balaban J connectivity index is 1.94. The molecule has 3 N–H and O–H groups in total. The summed E-state index contributed by atoms with van der Waals surface area (Å²) in [6.45, 7) is 10.3. The summed E-state index contributed by atoms with van der Waals surface area (Å²) in [6.07, 6.45) is 6.64. The molecule has 2 amide bonds. The van der Waals surface area contributed by atoms with Crippen LogP contribution >= 0.6 is 0 Å². The number of nitrogens with zero attached hydrogens (tertiary/aromatic N) is 2. The van der Waals surface area contributed by atoms with Gasteiger partial charge in [0.05, 0.1) is 17.3 Å². The van der Waals surface area contributed by atoms with Gasteiger partial charge in [0, 0.05) is 30.3 Å². The van der Waals surface area contributed by atoms with Crippen LogP contribution in [0.4, 0.5) is 4.79 Å². The lowest BCUT2D eigenvalue weighted by molar-refractivity contribution is 0.229. The first-order chi connectivity index (χ1) is 10.7. The van der Waals surface area contributed by atoms with Crippen molar-refractivity contribution in [3.63, 3.8) is 0 Å². The minimum Gasteiger partial charge on any atom is -0.396 e. The number of aliphatic hydroxyl groups is 1. The van der Waals surface area contributed by atoms with Crippen molar-refractivity contribution >= 4 is 6.03 Å². The van der Waals surface area contributed by atoms with Crippen molar-refractivity contribution in [2.75, 3.05) is 6.61 Å². The fourth-order valence-corrected chi connectivity index (χ4v) is 2.74. The van der Waals surface area contributed by atoms with Gasteiger partial charge in [-0.2, -0.15) is 5.10 Å². The number of carbonyl (C=O) groups is 1. The van der Waals surface area contributed by atoms with Crippen molar-refractivity contribution in [3.8, 4) is 0 Å². The van der Waals surface area contributed by atoms with E-state index in [2.05, 4.69) is 36.5 Å². The summed E-state index contributed by atoms with van der Waals surface area (Å²) in [5.74, 6) is 0.144. The van der Waals surface area contributed by atoms with Gasteiger partial charge >= 0.3 is 6.03 Å². The predicted octanol–water partition coefficient (Wildman–Crippen LogP) is 2.24. The van der Waals surface area contributed by atoms with Crippen LogP contribution in [0.25, 0.3) is 0 Å². The monoisotopic (exact) mass is 320 g/mol. The SMILES string of the molecule is Cc1nn(C(C)(C)C)cc1C(C)NC(=O)N[C@@H]1C=C[C@H](CO)C1. The molecule has 6 heteroatoms. The molecule has 0 spiro atoms. The molecule has 0 fully saturated rings. The summed E-state index contributed by atoms with van der Waals surface area (Å²) in [5, 5.41) is 19.5. The minimum absolute atomic E-state index is 0.0160. The van der Waals surface area contributed by atoms with Crippen molar-refractivity contribution in [1.82, 2.24) is 20.4 Å². The van der Waals surface area contributed by atoms with Gasteiger partial charge in [-0.05, 0) is 41.0 Å². The van der Waals surface area contributed by atoms with Crippen molar-refractivity contribution < 1.29 is 9.90 Å². The molecule has 1 aromatic heterocycles. The smallest absolute Gasteiger partial charge is 0.315 e. The highest BCUT2D eigenvalue weighted by molar-refractivity contribution is 5.75. The molecule has 1 aliphatic rings. The summed E-state index contributed by atoms with van der Waals surface area (Å²) >= 11 is 0. The minimum atomic E-state index is -0.200. The summed E-state index contributed by atoms with van der Waals surface area (Å²) in [6, 6.07) is -0.337. The van der Waals surface area contributed by atoms with Crippen LogP contribution in [0, 0.1) is 12.8 Å². The third kappa shape index (κ3) is 4.34. The number of urea groups is 1. The third-order valence-corrected chi connectivity index (χ3v) is 4.16. The molecule has 128 valence electrons. The van der Waals surface area contributed by atoms with Crippen LogP contribution in [0.3, 0.4) is 0 Å². The second-order valence-corrected chi connectivity index (χ2v) is 7.29. The highest BCUT2D eigenvalue weighted by atomic mass is 16.3. The standard InChI is InChI=1S/C17H28N4O2/c1-11(15-9-21(17(3,4)5)20-12(15)2)18-16(23)19-14-7-6-13(8-14)10-22/h6-7,9,11,13-14,22H,8,10H2,1-5H3,(H2,18,19,23)/t11?,13-,14+/m0/s1. The van der Waals surface area contributed by atoms with E-state index in [1.54, 1.807) is 0 Å². The first kappa shape index (κ1) is 17.5. The molecular formula is C17H28N4O2. The Kier molecular flexibility index (Phi) is 5.14. The zero-order chi connectivity index (χ0) is 17.2. The maximum Gasteiger partial charge on any atom is 0.315 e. The van der Waals surface area contributed by atoms with E-state index in [0.29, 0.717) is 0 Å². The van der Waals surface area contributed by atoms with Gasteiger partial charge in [-0.15, -0.1) is 0 Å². The van der Waals surface area contributed by atoms with E-state index < -0.39 is 0 Å². The van der Waals surface area contributed by atoms with Gasteiger partial charge in [0.2, 0.25) is 0 Å². The van der Waals surface area contributed by atoms with Crippen LogP contribution in [0.1, 0.15) is 51.4 Å². The van der Waals surface area contributed by atoms with E-state index in [9.17, 15) is 4.79 Å². The number of aryl methyl sites for hydroxylation is 1. The highest BCUT2D eigenvalue weighted by Crippen LogP contribution is 2.21. The zero-order valence-electron chi connectivity index (χ0n) is 14.6. The van der Waals surface area contributed by atoms with E-state index in [0.717, 1.165) is 17.7 Å². The molecule has 0 radical (unpaired) electrons. The fraction of sp³-hybridized carbons (Fsp3) is 0.647. The molecule has 0 saturated heterocycles. The van der Waals surface area contributed by atoms with Gasteiger partial charge < -0.3 is 15.7 Å². The van der Waals surface area contributed by atoms with Gasteiger partial charge in [0.15, 0.2) is 0 Å². The molecule has 2 rings (SSSR count). The van der Waals surface area contributed by atoms with Gasteiger partial charge in [-0.25, -0.2) is 4.79 Å². The molecule has 0 bridgehead atoms. The normalized spacial score (nSPS) is 22.2. The van der Waals surface area contributed by atoms with Crippen molar-refractivity contribution in [3.05, 3.63) is 29.6 Å². The fourth-order valence-electron chi connectivity index (χ4n) is 2.74. The Labute approximate surface area is 138 Å². The molecule has 23 heavy (non-hydrogen) atoms. The molecule has 0 aliphatic heterocycles. The number of rotatable bonds is 4. The lowest BCUT2D eigenvalue weighted by Gasteiger charge is -2.19. The highest BCUT2D eigenvalue weighted by Gasteiger charge is 2.22. The van der Waals surface area contributed by atoms with Crippen molar-refractivity contribution in [2.24, 2.45) is 5.92 Å². The van der Waals surface area contributed by atoms with Gasteiger partial charge in [0.1, 0.15) is 0 Å². The molecule has 1 heterocycles. The Morgan fingerprint density at radius 3 is 2.70 bits per heavy atom. The predicted molar refractivity (Wildman–Crippen MR) is 90.2 cm³/mol. The first-order valence-corrected chi connectivity index (χ1v) is 8.13. The molecule has 6 nitrogen and oxygen atoms in total. The lowest BCUT2D eigenvalue weighted by Crippen LogP contribution is -2.42. The van der Waals surface area contributed by atoms with Crippen molar-refractivity contribution in [1.29, 1.82) is 0 Å². The molecule has 1 aliphatic carbocycles. The van der Waals surface area contributed by atoms with E-state index in [1.165, 1.54) is 0 Å². The first-order valence-electron chi connectivity index (χ1n) is 8.13. The Hall–Kier alpha value is -1.82. The van der Waals surface area contributed by atoms with Crippen LogP contribution in [0.15, 0.2) is 18.3 Å². The van der Waals surface area contributed by atoms with E-state index in [4.69, 9.17) is 5.11 Å². The van der Waals surface area contributed by atoms with Gasteiger partial charge in [-0.1, -0.05) is 12.2 Å². The van der Waals surface area contributed by atoms with Gasteiger partial charge in [-0.3, -0.25) is 4.68 Å². The molecule has 1 unspecified atom stereocenters. The molecule has 3 atom stereocenters. The van der Waals surface area contributed by atoms with E-state index in [-0.39, 0.29) is 36.2 Å². The number of nitrogens with one attached hydrogen (secondary N) is 2. The number of carbonyl (C=O) groups excluding carboxylic acids is 1. The van der Waals surface area contributed by atoms with Gasteiger partial charge in [0.25, 0.3) is 0 Å². The lowest BCUT2D eigenvalue weighted by atomic mass is 10.1. The van der Waals surface area contributed by atoms with Crippen LogP contribution in [-0.2, 0) is 5.54 Å². The number of aliphatic hydroxyl groups excluding tert-OH is 1. The van der Waals surface area contributed by atoms with Crippen LogP contribution < -0.4 is 10.6 Å². The largest absolute Gasteiger partial charge is 0.396 e. The molecule has 1 aromatic rings. The van der Waals surface area contributed by atoms with Crippen LogP contribution in [0.5, 0.6) is 0 Å².